The van der Waals surface area contributed by atoms with Crippen molar-refractivity contribution in [1.82, 2.24) is 24.5 Å². The van der Waals surface area contributed by atoms with Gasteiger partial charge in [-0.3, -0.25) is 9.55 Å². The summed E-state index contributed by atoms with van der Waals surface area (Å²) in [7, 11) is 0. The van der Waals surface area contributed by atoms with Crippen molar-refractivity contribution in [2.45, 2.75) is 19.3 Å². The zero-order valence-electron chi connectivity index (χ0n) is 24.4. The van der Waals surface area contributed by atoms with Crippen LogP contribution >= 0.6 is 0 Å². The minimum absolute atomic E-state index is 0.233. The summed E-state index contributed by atoms with van der Waals surface area (Å²) in [5, 5.41) is 3.39. The first-order valence-corrected chi connectivity index (χ1v) is 14.9. The molecule has 0 aliphatic heterocycles. The molecule has 0 saturated heterocycles. The van der Waals surface area contributed by atoms with Crippen molar-refractivity contribution >= 4 is 32.7 Å². The first-order valence-electron chi connectivity index (χ1n) is 14.9. The van der Waals surface area contributed by atoms with Crippen LogP contribution in [0.3, 0.4) is 0 Å². The van der Waals surface area contributed by atoms with Crippen LogP contribution in [0.25, 0.3) is 72.6 Å². The highest BCUT2D eigenvalue weighted by Crippen LogP contribution is 2.53. The van der Waals surface area contributed by atoms with E-state index in [0.717, 1.165) is 38.4 Å². The summed E-state index contributed by atoms with van der Waals surface area (Å²) in [4.78, 5) is 20.2. The molecule has 9 rings (SSSR count). The Balaban J connectivity index is 1.48. The van der Waals surface area contributed by atoms with Crippen LogP contribution in [0.5, 0.6) is 0 Å². The average molecular weight is 566 g/mol. The Bertz CT molecular complexity index is 2350. The lowest BCUT2D eigenvalue weighted by molar-refractivity contribution is 0.663. The van der Waals surface area contributed by atoms with Crippen molar-refractivity contribution in [3.63, 3.8) is 0 Å². The van der Waals surface area contributed by atoms with E-state index in [1.807, 2.05) is 48.7 Å². The van der Waals surface area contributed by atoms with Crippen LogP contribution in [0.2, 0.25) is 0 Å². The van der Waals surface area contributed by atoms with Crippen LogP contribution in [0, 0.1) is 0 Å². The molecular weight excluding hydrogens is 538 g/mol. The second-order valence-electron chi connectivity index (χ2n) is 11.9. The predicted octanol–water partition coefficient (Wildman–Crippen LogP) is 9.16. The SMILES string of the molecule is CC1(C)c2ccccc2-c2ccc3c4ccc5ncccc5c4n(-c4nc(-c5ccccc5)nc(-c5ccccc5)n4)c3c21. The van der Waals surface area contributed by atoms with E-state index in [9.17, 15) is 0 Å². The number of rotatable bonds is 3. The topological polar surface area (TPSA) is 56.5 Å². The van der Waals surface area contributed by atoms with E-state index in [-0.39, 0.29) is 5.41 Å². The normalized spacial score (nSPS) is 13.4. The zero-order valence-corrected chi connectivity index (χ0v) is 24.4. The van der Waals surface area contributed by atoms with E-state index < -0.39 is 0 Å². The Kier molecular flexibility index (Phi) is 5.18. The second-order valence-corrected chi connectivity index (χ2v) is 11.9. The lowest BCUT2D eigenvalue weighted by Gasteiger charge is -2.23. The van der Waals surface area contributed by atoms with Crippen LogP contribution < -0.4 is 0 Å². The summed E-state index contributed by atoms with van der Waals surface area (Å²) >= 11 is 0. The highest BCUT2D eigenvalue weighted by molar-refractivity contribution is 6.19. The van der Waals surface area contributed by atoms with Gasteiger partial charge in [0, 0.05) is 38.9 Å². The smallest absolute Gasteiger partial charge is 0.238 e. The maximum atomic E-state index is 5.22. The summed E-state index contributed by atoms with van der Waals surface area (Å²) in [6, 6.07) is 42.1. The highest BCUT2D eigenvalue weighted by atomic mass is 15.2. The van der Waals surface area contributed by atoms with E-state index in [1.165, 1.54) is 27.6 Å². The molecule has 1 aliphatic rings. The molecule has 0 atom stereocenters. The third-order valence-corrected chi connectivity index (χ3v) is 9.08. The van der Waals surface area contributed by atoms with Crippen molar-refractivity contribution in [1.29, 1.82) is 0 Å². The molecule has 0 radical (unpaired) electrons. The van der Waals surface area contributed by atoms with Crippen LogP contribution in [0.4, 0.5) is 0 Å². The summed E-state index contributed by atoms with van der Waals surface area (Å²) in [6.45, 7) is 4.66. The van der Waals surface area contributed by atoms with Gasteiger partial charge in [0.15, 0.2) is 11.6 Å². The summed E-state index contributed by atoms with van der Waals surface area (Å²) < 4.78 is 2.28. The Morgan fingerprint density at radius 2 is 1.16 bits per heavy atom. The molecule has 0 fully saturated rings. The molecule has 0 N–H and O–H groups in total. The van der Waals surface area contributed by atoms with Crippen molar-refractivity contribution in [3.8, 4) is 39.9 Å². The van der Waals surface area contributed by atoms with Crippen LogP contribution in [-0.2, 0) is 5.41 Å². The molecule has 5 aromatic carbocycles. The van der Waals surface area contributed by atoms with Gasteiger partial charge in [-0.2, -0.15) is 9.97 Å². The fraction of sp³-hybridized carbons (Fsp3) is 0.0769. The van der Waals surface area contributed by atoms with Gasteiger partial charge < -0.3 is 0 Å². The number of aromatic nitrogens is 5. The fourth-order valence-corrected chi connectivity index (χ4v) is 7.10. The maximum absolute atomic E-state index is 5.22. The third kappa shape index (κ3) is 3.47. The molecule has 208 valence electrons. The summed E-state index contributed by atoms with van der Waals surface area (Å²) in [5.74, 6) is 1.87. The van der Waals surface area contributed by atoms with E-state index >= 15 is 0 Å². The van der Waals surface area contributed by atoms with E-state index in [1.54, 1.807) is 0 Å². The lowest BCUT2D eigenvalue weighted by atomic mass is 9.81. The van der Waals surface area contributed by atoms with Gasteiger partial charge in [-0.25, -0.2) is 4.98 Å². The Hall–Kier alpha value is -5.68. The van der Waals surface area contributed by atoms with Crippen LogP contribution in [-0.4, -0.2) is 24.5 Å². The van der Waals surface area contributed by atoms with Crippen molar-refractivity contribution < 1.29 is 0 Å². The molecule has 5 nitrogen and oxygen atoms in total. The van der Waals surface area contributed by atoms with Gasteiger partial charge in [0.2, 0.25) is 5.95 Å². The quantitative estimate of drug-likeness (QED) is 0.214. The minimum Gasteiger partial charge on any atom is -0.277 e. The van der Waals surface area contributed by atoms with E-state index in [2.05, 4.69) is 97.3 Å². The molecule has 3 aromatic heterocycles. The molecule has 8 aromatic rings. The van der Waals surface area contributed by atoms with Crippen LogP contribution in [0.1, 0.15) is 25.0 Å². The molecule has 3 heterocycles. The Morgan fingerprint density at radius 1 is 0.523 bits per heavy atom. The van der Waals surface area contributed by atoms with Gasteiger partial charge in [-0.1, -0.05) is 117 Å². The summed E-state index contributed by atoms with van der Waals surface area (Å²) in [6.07, 6.45) is 1.85. The molecule has 0 amide bonds. The zero-order chi connectivity index (χ0) is 29.4. The van der Waals surface area contributed by atoms with Gasteiger partial charge in [0.05, 0.1) is 16.6 Å². The number of fused-ring (bicyclic) bond motifs is 9. The highest BCUT2D eigenvalue weighted by Gasteiger charge is 2.38. The number of nitrogens with zero attached hydrogens (tertiary/aromatic N) is 5. The average Bonchev–Trinajstić information content (AvgIpc) is 3.54. The van der Waals surface area contributed by atoms with Gasteiger partial charge in [0.1, 0.15) is 0 Å². The fourth-order valence-electron chi connectivity index (χ4n) is 7.10. The predicted molar refractivity (Wildman–Crippen MR) is 178 cm³/mol. The van der Waals surface area contributed by atoms with Crippen molar-refractivity contribution in [2.75, 3.05) is 0 Å². The minimum atomic E-state index is -0.233. The van der Waals surface area contributed by atoms with Crippen molar-refractivity contribution in [3.05, 3.63) is 139 Å². The maximum Gasteiger partial charge on any atom is 0.238 e. The van der Waals surface area contributed by atoms with Gasteiger partial charge in [0.25, 0.3) is 0 Å². The monoisotopic (exact) mass is 565 g/mol. The Labute approximate surface area is 254 Å². The molecule has 1 aliphatic carbocycles. The summed E-state index contributed by atoms with van der Waals surface area (Å²) in [5.41, 5.74) is 9.91. The molecule has 0 spiro atoms. The first-order chi connectivity index (χ1) is 21.6. The Morgan fingerprint density at radius 3 is 1.89 bits per heavy atom. The molecule has 44 heavy (non-hydrogen) atoms. The van der Waals surface area contributed by atoms with Gasteiger partial charge >= 0.3 is 0 Å². The number of hydrogen-bond donors (Lipinski definition) is 0. The lowest BCUT2D eigenvalue weighted by Crippen LogP contribution is -2.17. The molecule has 0 unspecified atom stereocenters. The van der Waals surface area contributed by atoms with E-state index in [4.69, 9.17) is 19.9 Å². The molecule has 0 bridgehead atoms. The molecule has 5 heteroatoms. The number of hydrogen-bond acceptors (Lipinski definition) is 4. The van der Waals surface area contributed by atoms with Crippen LogP contribution in [0.15, 0.2) is 128 Å². The first kappa shape index (κ1) is 24.9. The number of pyridine rings is 1. The standard InChI is InChI=1S/C39H27N5/c1-39(2)31-18-10-9-16-26(31)27-19-20-29-28-21-22-32-30(17-11-23-40-32)34(28)44(35(29)33(27)39)38-42-36(24-12-5-3-6-13-24)41-37(43-38)25-14-7-4-8-15-25/h3-23H,1-2H3. The molecular formula is C39H27N5. The molecule has 0 saturated carbocycles. The second kappa shape index (κ2) is 9.16. The van der Waals surface area contributed by atoms with E-state index in [0.29, 0.717) is 17.6 Å². The van der Waals surface area contributed by atoms with Gasteiger partial charge in [-0.15, -0.1) is 0 Å². The number of benzene rings is 5. The van der Waals surface area contributed by atoms with Gasteiger partial charge in [-0.05, 0) is 40.5 Å². The third-order valence-electron chi connectivity index (χ3n) is 9.08. The van der Waals surface area contributed by atoms with Crippen molar-refractivity contribution in [2.24, 2.45) is 0 Å². The largest absolute Gasteiger partial charge is 0.277 e.